The van der Waals surface area contributed by atoms with E-state index in [0.29, 0.717) is 12.2 Å². The van der Waals surface area contributed by atoms with Gasteiger partial charge in [-0.05, 0) is 6.42 Å². The van der Waals surface area contributed by atoms with E-state index >= 15 is 0 Å². The van der Waals surface area contributed by atoms with Gasteiger partial charge in [-0.25, -0.2) is 9.18 Å². The first kappa shape index (κ1) is 16.0. The van der Waals surface area contributed by atoms with E-state index in [2.05, 4.69) is 5.32 Å². The van der Waals surface area contributed by atoms with Crippen molar-refractivity contribution in [2.45, 2.75) is 37.6 Å². The van der Waals surface area contributed by atoms with E-state index in [1.165, 1.54) is 16.7 Å². The van der Waals surface area contributed by atoms with E-state index in [4.69, 9.17) is 14.9 Å². The highest BCUT2D eigenvalue weighted by molar-refractivity contribution is 8.00. The summed E-state index contributed by atoms with van der Waals surface area (Å²) in [4.78, 5) is 24.2. The molecule has 0 radical (unpaired) electrons. The fourth-order valence-electron chi connectivity index (χ4n) is 1.99. The van der Waals surface area contributed by atoms with Gasteiger partial charge in [-0.1, -0.05) is 6.92 Å². The van der Waals surface area contributed by atoms with E-state index in [-0.39, 0.29) is 24.6 Å². The van der Waals surface area contributed by atoms with E-state index in [9.17, 15) is 14.0 Å². The van der Waals surface area contributed by atoms with E-state index < -0.39 is 24.3 Å². The van der Waals surface area contributed by atoms with Crippen LogP contribution in [0.5, 0.6) is 0 Å². The van der Waals surface area contributed by atoms with Crippen molar-refractivity contribution in [3.8, 4) is 0 Å². The number of carbonyl (C=O) groups excluding carboxylic acids is 2. The molecule has 0 saturated carbocycles. The van der Waals surface area contributed by atoms with Crippen LogP contribution in [0.2, 0.25) is 0 Å². The van der Waals surface area contributed by atoms with Crippen LogP contribution in [0.1, 0.15) is 19.8 Å². The minimum absolute atomic E-state index is 0.115. The Morgan fingerprint density at radius 2 is 2.43 bits per heavy atom. The monoisotopic (exact) mass is 319 g/mol. The normalized spacial score (nSPS) is 29.4. The van der Waals surface area contributed by atoms with Crippen molar-refractivity contribution in [2.24, 2.45) is 0 Å². The second-order valence-corrected chi connectivity index (χ2v) is 5.94. The lowest BCUT2D eigenvalue weighted by Crippen LogP contribution is -2.59. The van der Waals surface area contributed by atoms with Crippen molar-refractivity contribution >= 4 is 29.6 Å². The largest absolute Gasteiger partial charge is 0.462 e. The maximum atomic E-state index is 13.5. The first-order chi connectivity index (χ1) is 10.0. The predicted octanol–water partition coefficient (Wildman–Crippen LogP) is 1.09. The van der Waals surface area contributed by atoms with Crippen molar-refractivity contribution in [3.63, 3.8) is 0 Å². The van der Waals surface area contributed by atoms with Gasteiger partial charge in [0.25, 0.3) is 0 Å². The van der Waals surface area contributed by atoms with Gasteiger partial charge < -0.3 is 9.47 Å². The van der Waals surface area contributed by atoms with Crippen molar-refractivity contribution in [2.75, 3.05) is 18.9 Å². The number of nitrogens with one attached hydrogen (secondary N) is 2. The predicted molar refractivity (Wildman–Crippen MR) is 74.8 cm³/mol. The molecule has 1 unspecified atom stereocenters. The molecule has 0 aromatic rings. The lowest BCUT2D eigenvalue weighted by atomic mass is 10.2. The third-order valence-electron chi connectivity index (χ3n) is 3.09. The molecule has 118 valence electrons. The molecule has 2 saturated heterocycles. The Hall–Kier alpha value is -1.35. The zero-order chi connectivity index (χ0) is 15.4. The summed E-state index contributed by atoms with van der Waals surface area (Å²) in [5.74, 6) is -0.228. The van der Waals surface area contributed by atoms with Gasteiger partial charge in [0.2, 0.25) is 0 Å². The summed E-state index contributed by atoms with van der Waals surface area (Å²) in [6, 6.07) is -0.539. The molecule has 2 aliphatic heterocycles. The molecule has 0 spiro atoms. The number of hydrogen-bond acceptors (Lipinski definition) is 6. The van der Waals surface area contributed by atoms with Gasteiger partial charge in [0.15, 0.2) is 6.17 Å². The number of amides is 2. The van der Waals surface area contributed by atoms with E-state index in [1.807, 2.05) is 6.92 Å². The van der Waals surface area contributed by atoms with Crippen LogP contribution in [0.4, 0.5) is 9.18 Å². The summed E-state index contributed by atoms with van der Waals surface area (Å²) in [5.41, 5.74) is -0.358. The molecule has 7 nitrogen and oxygen atoms in total. The minimum Gasteiger partial charge on any atom is -0.462 e. The molecular formula is C12H18FN3O4S. The smallest absolute Gasteiger partial charge is 0.325 e. The number of rotatable bonds is 5. The van der Waals surface area contributed by atoms with Gasteiger partial charge in [0.1, 0.15) is 24.1 Å². The van der Waals surface area contributed by atoms with Gasteiger partial charge in [-0.15, -0.1) is 11.8 Å². The molecule has 0 aliphatic carbocycles. The van der Waals surface area contributed by atoms with Crippen LogP contribution in [0.25, 0.3) is 0 Å². The van der Waals surface area contributed by atoms with Crippen LogP contribution in [-0.2, 0) is 14.3 Å². The second-order valence-electron chi connectivity index (χ2n) is 4.75. The maximum absolute atomic E-state index is 13.5. The average Bonchev–Trinajstić information content (AvgIpc) is 2.89. The number of ether oxygens (including phenoxy) is 2. The molecule has 0 aromatic heterocycles. The average molecular weight is 319 g/mol. The Balaban J connectivity index is 1.80. The van der Waals surface area contributed by atoms with Gasteiger partial charge in [-0.2, -0.15) is 0 Å². The van der Waals surface area contributed by atoms with Crippen molar-refractivity contribution in [1.29, 1.82) is 5.41 Å². The van der Waals surface area contributed by atoms with Crippen molar-refractivity contribution in [3.05, 3.63) is 0 Å². The number of amidine groups is 1. The molecule has 3 atom stereocenters. The number of urea groups is 1. The summed E-state index contributed by atoms with van der Waals surface area (Å²) in [6.07, 6.45) is -1.02. The highest BCUT2D eigenvalue weighted by Gasteiger charge is 2.39. The summed E-state index contributed by atoms with van der Waals surface area (Å²) in [5, 5.41) is 9.40. The lowest BCUT2D eigenvalue weighted by molar-refractivity contribution is -0.147. The lowest BCUT2D eigenvalue weighted by Gasteiger charge is -2.33. The molecule has 2 rings (SSSR count). The Bertz CT molecular complexity index is 437. The van der Waals surface area contributed by atoms with Gasteiger partial charge in [0.05, 0.1) is 6.54 Å². The topological polar surface area (TPSA) is 91.7 Å². The number of hydrogen-bond donors (Lipinski definition) is 2. The van der Waals surface area contributed by atoms with E-state index in [0.717, 1.165) is 6.42 Å². The van der Waals surface area contributed by atoms with Gasteiger partial charge in [-0.3, -0.25) is 20.4 Å². The van der Waals surface area contributed by atoms with Crippen molar-refractivity contribution < 1.29 is 23.5 Å². The number of esters is 1. The molecule has 9 heteroatoms. The van der Waals surface area contributed by atoms with Crippen LogP contribution < -0.4 is 5.32 Å². The zero-order valence-electron chi connectivity index (χ0n) is 11.6. The molecule has 0 bridgehead atoms. The molecule has 2 fully saturated rings. The van der Waals surface area contributed by atoms with Gasteiger partial charge >= 0.3 is 12.0 Å². The quantitative estimate of drug-likeness (QED) is 0.740. The highest BCUT2D eigenvalue weighted by atomic mass is 32.2. The summed E-state index contributed by atoms with van der Waals surface area (Å²) in [7, 11) is 0. The molecular weight excluding hydrogens is 301 g/mol. The Morgan fingerprint density at radius 3 is 3.14 bits per heavy atom. The van der Waals surface area contributed by atoms with Crippen LogP contribution in [0.15, 0.2) is 0 Å². The number of halogens is 1. The molecule has 2 amide bonds. The van der Waals surface area contributed by atoms with Crippen LogP contribution in [0.3, 0.4) is 0 Å². The highest BCUT2D eigenvalue weighted by Crippen LogP contribution is 2.28. The first-order valence-electron chi connectivity index (χ1n) is 6.74. The Morgan fingerprint density at radius 1 is 1.67 bits per heavy atom. The summed E-state index contributed by atoms with van der Waals surface area (Å²) >= 11 is 1.41. The van der Waals surface area contributed by atoms with Gasteiger partial charge in [0, 0.05) is 12.2 Å². The molecule has 2 aliphatic rings. The fraction of sp³-hybridized carbons (Fsp3) is 0.750. The second kappa shape index (κ2) is 7.08. The summed E-state index contributed by atoms with van der Waals surface area (Å²) < 4.78 is 24.1. The standard InChI is InChI=1S/C12H18FN3O4S/c1-2-3-9(17)19-5-10-20-8(6-21-10)16-4-7(13)11(14)15-12(16)18/h7-8,10H,2-6H2,1H3,(H2,14,15,18)/t7?,8-,10+/m1/s1. The van der Waals surface area contributed by atoms with Crippen LogP contribution in [-0.4, -0.2) is 59.5 Å². The summed E-state index contributed by atoms with van der Waals surface area (Å²) in [6.45, 7) is 1.81. The Labute approximate surface area is 126 Å². The van der Waals surface area contributed by atoms with Crippen LogP contribution in [0, 0.1) is 5.41 Å². The third kappa shape index (κ3) is 4.07. The molecule has 2 heterocycles. The molecule has 0 aromatic carbocycles. The molecule has 21 heavy (non-hydrogen) atoms. The number of carbonyl (C=O) groups is 2. The minimum atomic E-state index is -1.53. The number of nitrogens with zero attached hydrogens (tertiary/aromatic N) is 1. The third-order valence-corrected chi connectivity index (χ3v) is 4.18. The number of thioether (sulfide) groups is 1. The fourth-order valence-corrected chi connectivity index (χ4v) is 3.00. The SMILES string of the molecule is CCCC(=O)OC[C@H]1O[C@@H](N2CC(F)C(=N)NC2=O)CS1. The van der Waals surface area contributed by atoms with Crippen LogP contribution >= 0.6 is 11.8 Å². The maximum Gasteiger partial charge on any atom is 0.325 e. The van der Waals surface area contributed by atoms with E-state index in [1.54, 1.807) is 0 Å². The number of alkyl halides is 1. The zero-order valence-corrected chi connectivity index (χ0v) is 12.5. The Kier molecular flexibility index (Phi) is 5.40. The van der Waals surface area contributed by atoms with Crippen molar-refractivity contribution in [1.82, 2.24) is 10.2 Å². The first-order valence-corrected chi connectivity index (χ1v) is 7.79. The molecule has 2 N–H and O–H groups in total.